The summed E-state index contributed by atoms with van der Waals surface area (Å²) in [7, 11) is -1.09. The van der Waals surface area contributed by atoms with Crippen LogP contribution >= 0.6 is 11.6 Å². The number of aryl methyl sites for hydroxylation is 2. The summed E-state index contributed by atoms with van der Waals surface area (Å²) >= 11 is 6.64. The zero-order chi connectivity index (χ0) is 31.9. The molecule has 1 aromatic heterocycles. The molecule has 1 aliphatic rings. The lowest BCUT2D eigenvalue weighted by atomic mass is 10.0. The van der Waals surface area contributed by atoms with Gasteiger partial charge >= 0.3 is 6.18 Å². The van der Waals surface area contributed by atoms with Crippen LogP contribution in [0.2, 0.25) is 5.02 Å². The molecule has 0 bridgehead atoms. The monoisotopic (exact) mass is 640 g/mol. The van der Waals surface area contributed by atoms with Gasteiger partial charge in [0.15, 0.2) is 28.0 Å². The molecule has 0 spiro atoms. The fraction of sp³-hybridized carbons (Fsp3) is 0.357. The molecule has 230 valence electrons. The number of ether oxygens (including phenoxy) is 2. The molecule has 1 atom stereocenters. The topological polar surface area (TPSA) is 120 Å². The summed E-state index contributed by atoms with van der Waals surface area (Å²) in [6.45, 7) is 1.98. The Hall–Kier alpha value is -3.75. The van der Waals surface area contributed by atoms with Crippen LogP contribution in [-0.4, -0.2) is 72.3 Å². The van der Waals surface area contributed by atoms with Crippen LogP contribution in [-0.2, 0) is 28.2 Å². The van der Waals surface area contributed by atoms with Crippen LogP contribution in [0.4, 0.5) is 13.2 Å². The number of hydrazone groups is 1. The van der Waals surface area contributed by atoms with Crippen LogP contribution in [0.1, 0.15) is 50.9 Å². The Balaban J connectivity index is 1.67. The molecular formula is C28H28ClF3N4O6S. The second-order valence-corrected chi connectivity index (χ2v) is 12.5. The number of halogens is 4. The quantitative estimate of drug-likeness (QED) is 0.291. The first-order valence-electron chi connectivity index (χ1n) is 12.8. The molecular weight excluding hydrogens is 613 g/mol. The molecule has 0 radical (unpaired) electrons. The number of alkyl halides is 3. The van der Waals surface area contributed by atoms with Crippen LogP contribution in [0.5, 0.6) is 5.88 Å². The van der Waals surface area contributed by atoms with Crippen molar-refractivity contribution in [2.24, 2.45) is 12.1 Å². The summed E-state index contributed by atoms with van der Waals surface area (Å²) in [6.07, 6.45) is -4.36. The highest BCUT2D eigenvalue weighted by Gasteiger charge is 2.48. The third-order valence-corrected chi connectivity index (χ3v) is 8.60. The van der Waals surface area contributed by atoms with Crippen LogP contribution in [0.25, 0.3) is 0 Å². The van der Waals surface area contributed by atoms with E-state index < -0.39 is 52.9 Å². The van der Waals surface area contributed by atoms with Gasteiger partial charge in [0, 0.05) is 43.5 Å². The minimum Gasteiger partial charge on any atom is -0.469 e. The molecule has 0 N–H and O–H groups in total. The van der Waals surface area contributed by atoms with Crippen LogP contribution < -0.4 is 4.74 Å². The van der Waals surface area contributed by atoms with Crippen LogP contribution in [0, 0.1) is 6.92 Å². The predicted octanol–water partition coefficient (Wildman–Crippen LogP) is 4.76. The highest BCUT2D eigenvalue weighted by atomic mass is 35.5. The van der Waals surface area contributed by atoms with Gasteiger partial charge in [-0.2, -0.15) is 23.4 Å². The van der Waals surface area contributed by atoms with Crippen LogP contribution in [0.15, 0.2) is 52.5 Å². The van der Waals surface area contributed by atoms with Gasteiger partial charge in [-0.15, -0.1) is 0 Å². The second-order valence-electron chi connectivity index (χ2n) is 10.2. The molecule has 0 saturated heterocycles. The van der Waals surface area contributed by atoms with Gasteiger partial charge in [0.1, 0.15) is 11.3 Å². The molecule has 10 nitrogen and oxygen atoms in total. The van der Waals surface area contributed by atoms with E-state index in [1.54, 1.807) is 37.3 Å². The average molecular weight is 641 g/mol. The first-order valence-corrected chi connectivity index (χ1v) is 15.0. The van der Waals surface area contributed by atoms with Crippen molar-refractivity contribution in [1.29, 1.82) is 0 Å². The number of rotatable bonds is 10. The van der Waals surface area contributed by atoms with E-state index in [4.69, 9.17) is 21.1 Å². The van der Waals surface area contributed by atoms with Crippen molar-refractivity contribution < 1.29 is 40.7 Å². The van der Waals surface area contributed by atoms with Gasteiger partial charge in [-0.05, 0) is 26.0 Å². The first-order chi connectivity index (χ1) is 19.9. The Morgan fingerprint density at radius 1 is 1.12 bits per heavy atom. The maximum Gasteiger partial charge on any atom is 0.431 e. The van der Waals surface area contributed by atoms with E-state index in [0.717, 1.165) is 11.3 Å². The van der Waals surface area contributed by atoms with Gasteiger partial charge < -0.3 is 9.47 Å². The molecule has 1 unspecified atom stereocenters. The van der Waals surface area contributed by atoms with Crippen molar-refractivity contribution in [2.45, 2.75) is 43.7 Å². The molecule has 1 aliphatic heterocycles. The van der Waals surface area contributed by atoms with Crippen molar-refractivity contribution >= 4 is 38.7 Å². The standard InChI is InChI=1S/C28H28ClF3N4O6S/c1-16-23(26(35(3)33-16)41-15-20(37)17-9-7-6-8-10-17)25(38)18-11-12-21(43(5,39)40)19(24(18)29)14-42-27(2)13-22(28(30,31)32)34-36(27)4/h6-12H,13-15H2,1-5H3. The van der Waals surface area contributed by atoms with Crippen molar-refractivity contribution in [3.05, 3.63) is 75.4 Å². The summed E-state index contributed by atoms with van der Waals surface area (Å²) in [5.41, 5.74) is -2.21. The Kier molecular flexibility index (Phi) is 8.78. The normalized spacial score (nSPS) is 17.2. The van der Waals surface area contributed by atoms with E-state index in [2.05, 4.69) is 10.2 Å². The van der Waals surface area contributed by atoms with Crippen molar-refractivity contribution in [2.75, 3.05) is 19.9 Å². The van der Waals surface area contributed by atoms with E-state index >= 15 is 0 Å². The Morgan fingerprint density at radius 2 is 1.77 bits per heavy atom. The summed E-state index contributed by atoms with van der Waals surface area (Å²) in [5.74, 6) is -1.02. The number of carbonyl (C=O) groups is 2. The summed E-state index contributed by atoms with van der Waals surface area (Å²) < 4.78 is 77.9. The molecule has 0 fully saturated rings. The number of nitrogens with zero attached hydrogens (tertiary/aromatic N) is 4. The fourth-order valence-electron chi connectivity index (χ4n) is 4.58. The van der Waals surface area contributed by atoms with Gasteiger partial charge in [0.2, 0.25) is 11.7 Å². The number of hydrogen-bond acceptors (Lipinski definition) is 9. The number of benzene rings is 2. The summed E-state index contributed by atoms with van der Waals surface area (Å²) in [6, 6.07) is 10.8. The van der Waals surface area contributed by atoms with Crippen molar-refractivity contribution in [3.8, 4) is 5.88 Å². The van der Waals surface area contributed by atoms with Crippen LogP contribution in [0.3, 0.4) is 0 Å². The van der Waals surface area contributed by atoms with E-state index in [9.17, 15) is 31.2 Å². The lowest BCUT2D eigenvalue weighted by Gasteiger charge is -2.32. The molecule has 0 saturated carbocycles. The molecule has 2 heterocycles. The maximum absolute atomic E-state index is 13.8. The van der Waals surface area contributed by atoms with Gasteiger partial charge in [-0.1, -0.05) is 41.9 Å². The van der Waals surface area contributed by atoms with E-state index in [-0.39, 0.29) is 44.0 Å². The lowest BCUT2D eigenvalue weighted by molar-refractivity contribution is -0.130. The fourth-order valence-corrected chi connectivity index (χ4v) is 5.86. The number of ketones is 2. The molecule has 4 rings (SSSR count). The zero-order valence-electron chi connectivity index (χ0n) is 23.8. The van der Waals surface area contributed by atoms with E-state index in [0.29, 0.717) is 5.56 Å². The zero-order valence-corrected chi connectivity index (χ0v) is 25.4. The Bertz CT molecular complexity index is 1720. The Labute approximate surface area is 250 Å². The Morgan fingerprint density at radius 3 is 2.35 bits per heavy atom. The number of hydrogen-bond donors (Lipinski definition) is 0. The third kappa shape index (κ3) is 6.60. The number of aromatic nitrogens is 2. The van der Waals surface area contributed by atoms with Gasteiger partial charge in [-0.3, -0.25) is 14.6 Å². The largest absolute Gasteiger partial charge is 0.469 e. The third-order valence-electron chi connectivity index (χ3n) is 6.98. The number of sulfone groups is 1. The lowest BCUT2D eigenvalue weighted by Crippen LogP contribution is -2.40. The molecule has 3 aromatic rings. The minimum atomic E-state index is -4.68. The van der Waals surface area contributed by atoms with Gasteiger partial charge in [0.05, 0.1) is 22.2 Å². The average Bonchev–Trinajstić information content (AvgIpc) is 3.39. The smallest absolute Gasteiger partial charge is 0.431 e. The summed E-state index contributed by atoms with van der Waals surface area (Å²) in [4.78, 5) is 26.2. The highest BCUT2D eigenvalue weighted by molar-refractivity contribution is 7.90. The van der Waals surface area contributed by atoms with E-state index in [1.807, 2.05) is 0 Å². The highest BCUT2D eigenvalue weighted by Crippen LogP contribution is 2.37. The molecule has 43 heavy (non-hydrogen) atoms. The molecule has 15 heteroatoms. The molecule has 0 aliphatic carbocycles. The van der Waals surface area contributed by atoms with Crippen molar-refractivity contribution in [1.82, 2.24) is 14.8 Å². The maximum atomic E-state index is 13.8. The predicted molar refractivity (Wildman–Crippen MR) is 151 cm³/mol. The first kappa shape index (κ1) is 32.2. The SMILES string of the molecule is Cc1nn(C)c(OCC(=O)c2ccccc2)c1C(=O)c1ccc(S(C)(=O)=O)c(COC2(C)CC(C(F)(F)F)=NN2C)c1Cl. The molecule has 0 amide bonds. The van der Waals surface area contributed by atoms with Gasteiger partial charge in [-0.25, -0.2) is 13.1 Å². The van der Waals surface area contributed by atoms with Gasteiger partial charge in [0.25, 0.3) is 0 Å². The summed E-state index contributed by atoms with van der Waals surface area (Å²) in [5, 5.41) is 8.48. The number of carbonyl (C=O) groups excluding carboxylic acids is 2. The van der Waals surface area contributed by atoms with Crippen molar-refractivity contribution in [3.63, 3.8) is 0 Å². The molecule has 2 aromatic carbocycles. The number of Topliss-reactive ketones (excluding diaryl/α,β-unsaturated/α-hetero) is 1. The van der Waals surface area contributed by atoms with E-state index in [1.165, 1.54) is 37.8 Å². The second kappa shape index (κ2) is 11.7. The minimum absolute atomic E-state index is 0.00468.